The molecule has 0 aliphatic carbocycles. The summed E-state index contributed by atoms with van der Waals surface area (Å²) >= 11 is 0. The molecule has 1 atom stereocenters. The summed E-state index contributed by atoms with van der Waals surface area (Å²) in [5, 5.41) is 6.74. The third kappa shape index (κ3) is 4.14. The van der Waals surface area contributed by atoms with Crippen molar-refractivity contribution >= 4 is 5.91 Å². The van der Waals surface area contributed by atoms with Crippen molar-refractivity contribution in [3.63, 3.8) is 0 Å². The van der Waals surface area contributed by atoms with Gasteiger partial charge in [-0.05, 0) is 12.8 Å². The number of carbonyl (C=O) groups excluding carboxylic acids is 1. The molecule has 1 aromatic heterocycles. The Balaban J connectivity index is 2.47. The fraction of sp³-hybridized carbons (Fsp3) is 0.727. The van der Waals surface area contributed by atoms with Crippen molar-refractivity contribution < 1.29 is 4.79 Å². The van der Waals surface area contributed by atoms with Gasteiger partial charge < -0.3 is 10.6 Å². The van der Waals surface area contributed by atoms with Crippen LogP contribution in [0, 0.1) is 12.8 Å². The summed E-state index contributed by atoms with van der Waals surface area (Å²) in [5.74, 6) is 1.70. The van der Waals surface area contributed by atoms with Crippen LogP contribution in [0.25, 0.3) is 0 Å². The molecule has 1 aromatic rings. The number of H-pyrrole nitrogens is 1. The first-order chi connectivity index (χ1) is 7.90. The normalized spacial score (nSPS) is 12.8. The molecule has 1 amide bonds. The number of nitrogens with one attached hydrogen (secondary N) is 1. The lowest BCUT2D eigenvalue weighted by atomic mass is 10.0. The summed E-state index contributed by atoms with van der Waals surface area (Å²) in [6.07, 6.45) is 0.359. The Morgan fingerprint density at radius 2 is 2.18 bits per heavy atom. The van der Waals surface area contributed by atoms with Crippen molar-refractivity contribution in [1.29, 1.82) is 0 Å². The van der Waals surface area contributed by atoms with Crippen molar-refractivity contribution in [3.05, 3.63) is 11.6 Å². The minimum absolute atomic E-state index is 0.0219. The smallest absolute Gasteiger partial charge is 0.224 e. The van der Waals surface area contributed by atoms with Gasteiger partial charge in [0.1, 0.15) is 5.82 Å². The van der Waals surface area contributed by atoms with E-state index in [1.807, 2.05) is 20.8 Å². The van der Waals surface area contributed by atoms with Gasteiger partial charge in [-0.15, -0.1) is 0 Å². The number of aryl methyl sites for hydroxylation is 1. The lowest BCUT2D eigenvalue weighted by molar-refractivity contribution is -0.131. The van der Waals surface area contributed by atoms with Gasteiger partial charge in [0.25, 0.3) is 0 Å². The lowest BCUT2D eigenvalue weighted by Crippen LogP contribution is -2.35. The highest BCUT2D eigenvalue weighted by atomic mass is 16.2. The van der Waals surface area contributed by atoms with Gasteiger partial charge in [0.15, 0.2) is 5.82 Å². The van der Waals surface area contributed by atoms with E-state index >= 15 is 0 Å². The van der Waals surface area contributed by atoms with Crippen molar-refractivity contribution in [2.24, 2.45) is 11.7 Å². The van der Waals surface area contributed by atoms with Gasteiger partial charge >= 0.3 is 0 Å². The first-order valence-electron chi connectivity index (χ1n) is 5.77. The van der Waals surface area contributed by atoms with Crippen LogP contribution in [0.4, 0.5) is 0 Å². The molecule has 0 spiro atoms. The average Bonchev–Trinajstić information content (AvgIpc) is 2.63. The molecule has 1 rings (SSSR count). The summed E-state index contributed by atoms with van der Waals surface area (Å²) in [5.41, 5.74) is 5.87. The van der Waals surface area contributed by atoms with E-state index in [0.29, 0.717) is 24.7 Å². The van der Waals surface area contributed by atoms with Gasteiger partial charge in [-0.25, -0.2) is 4.98 Å². The van der Waals surface area contributed by atoms with E-state index in [0.717, 1.165) is 5.82 Å². The van der Waals surface area contributed by atoms with Crippen LogP contribution in [0.3, 0.4) is 0 Å². The van der Waals surface area contributed by atoms with Gasteiger partial charge in [-0.3, -0.25) is 9.89 Å². The number of aromatic amines is 1. The van der Waals surface area contributed by atoms with Crippen LogP contribution >= 0.6 is 0 Å². The van der Waals surface area contributed by atoms with Crippen molar-refractivity contribution in [2.75, 3.05) is 7.05 Å². The van der Waals surface area contributed by atoms with Crippen LogP contribution < -0.4 is 5.73 Å². The Hall–Kier alpha value is -1.43. The van der Waals surface area contributed by atoms with Gasteiger partial charge in [0.2, 0.25) is 5.91 Å². The highest BCUT2D eigenvalue weighted by Crippen LogP contribution is 2.06. The third-order valence-corrected chi connectivity index (χ3v) is 2.71. The Bertz CT molecular complexity index is 374. The minimum Gasteiger partial charge on any atom is -0.338 e. The molecule has 0 fully saturated rings. The molecule has 6 heteroatoms. The summed E-state index contributed by atoms with van der Waals surface area (Å²) < 4.78 is 0. The van der Waals surface area contributed by atoms with Crippen molar-refractivity contribution in [1.82, 2.24) is 20.1 Å². The van der Waals surface area contributed by atoms with Crippen LogP contribution in [-0.2, 0) is 11.3 Å². The van der Waals surface area contributed by atoms with Gasteiger partial charge in [0, 0.05) is 19.5 Å². The number of nitrogens with two attached hydrogens (primary N) is 1. The molecule has 96 valence electrons. The largest absolute Gasteiger partial charge is 0.338 e. The number of nitrogens with zero attached hydrogens (tertiary/aromatic N) is 3. The Morgan fingerprint density at radius 3 is 2.65 bits per heavy atom. The Morgan fingerprint density at radius 1 is 1.53 bits per heavy atom. The molecule has 0 radical (unpaired) electrons. The zero-order valence-corrected chi connectivity index (χ0v) is 10.9. The van der Waals surface area contributed by atoms with E-state index in [4.69, 9.17) is 5.73 Å². The maximum Gasteiger partial charge on any atom is 0.224 e. The molecular formula is C11H21N5O. The molecule has 0 aromatic carbocycles. The monoisotopic (exact) mass is 239 g/mol. The molecule has 0 aliphatic heterocycles. The van der Waals surface area contributed by atoms with E-state index < -0.39 is 0 Å². The van der Waals surface area contributed by atoms with Crippen LogP contribution in [0.15, 0.2) is 0 Å². The zero-order chi connectivity index (χ0) is 13.0. The second-order valence-corrected chi connectivity index (χ2v) is 4.70. The maximum atomic E-state index is 11.8. The van der Waals surface area contributed by atoms with Gasteiger partial charge in [-0.2, -0.15) is 5.10 Å². The van der Waals surface area contributed by atoms with E-state index in [9.17, 15) is 4.79 Å². The number of hydrogen-bond acceptors (Lipinski definition) is 4. The van der Waals surface area contributed by atoms with E-state index in [2.05, 4.69) is 15.2 Å². The summed E-state index contributed by atoms with van der Waals surface area (Å²) in [6.45, 7) is 6.26. The lowest BCUT2D eigenvalue weighted by Gasteiger charge is -2.20. The molecule has 17 heavy (non-hydrogen) atoms. The quantitative estimate of drug-likeness (QED) is 0.780. The average molecular weight is 239 g/mol. The minimum atomic E-state index is -0.0983. The first kappa shape index (κ1) is 13.6. The Kier molecular flexibility index (Phi) is 4.62. The predicted molar refractivity (Wildman–Crippen MR) is 65.0 cm³/mol. The van der Waals surface area contributed by atoms with Crippen molar-refractivity contribution in [2.45, 2.75) is 39.8 Å². The molecule has 0 aliphatic rings. The molecule has 0 saturated carbocycles. The third-order valence-electron chi connectivity index (χ3n) is 2.71. The summed E-state index contributed by atoms with van der Waals surface area (Å²) in [6, 6.07) is -0.0983. The molecular weight excluding hydrogens is 218 g/mol. The van der Waals surface area contributed by atoms with E-state index in [-0.39, 0.29) is 11.9 Å². The Labute approximate surface area is 102 Å². The van der Waals surface area contributed by atoms with E-state index in [1.54, 1.807) is 11.9 Å². The topological polar surface area (TPSA) is 87.9 Å². The number of rotatable bonds is 5. The highest BCUT2D eigenvalue weighted by Gasteiger charge is 2.17. The van der Waals surface area contributed by atoms with Crippen LogP contribution in [0.2, 0.25) is 0 Å². The second-order valence-electron chi connectivity index (χ2n) is 4.70. The SMILES string of the molecule is Cc1nc(CN(C)C(=O)CC(N)C(C)C)n[nH]1. The van der Waals surface area contributed by atoms with Crippen LogP contribution in [-0.4, -0.2) is 39.1 Å². The number of amides is 1. The van der Waals surface area contributed by atoms with Gasteiger partial charge in [0.05, 0.1) is 6.54 Å². The molecule has 3 N–H and O–H groups in total. The first-order valence-corrected chi connectivity index (χ1v) is 5.77. The van der Waals surface area contributed by atoms with E-state index in [1.165, 1.54) is 0 Å². The van der Waals surface area contributed by atoms with Crippen LogP contribution in [0.1, 0.15) is 31.9 Å². The van der Waals surface area contributed by atoms with Crippen LogP contribution in [0.5, 0.6) is 0 Å². The molecule has 1 heterocycles. The molecule has 0 saturated heterocycles. The zero-order valence-electron chi connectivity index (χ0n) is 10.9. The molecule has 0 bridgehead atoms. The number of aromatic nitrogens is 3. The standard InChI is InChI=1S/C11H21N5O/c1-7(2)9(12)5-11(17)16(4)6-10-13-8(3)14-15-10/h7,9H,5-6,12H2,1-4H3,(H,13,14,15). The molecule has 6 nitrogen and oxygen atoms in total. The van der Waals surface area contributed by atoms with Crippen molar-refractivity contribution in [3.8, 4) is 0 Å². The summed E-state index contributed by atoms with van der Waals surface area (Å²) in [4.78, 5) is 17.6. The molecule has 1 unspecified atom stereocenters. The maximum absolute atomic E-state index is 11.8. The highest BCUT2D eigenvalue weighted by molar-refractivity contribution is 5.76. The number of hydrogen-bond donors (Lipinski definition) is 2. The number of carbonyl (C=O) groups is 1. The second kappa shape index (κ2) is 5.77. The van der Waals surface area contributed by atoms with Gasteiger partial charge in [-0.1, -0.05) is 13.8 Å². The fourth-order valence-electron chi connectivity index (χ4n) is 1.35. The predicted octanol–water partition coefficient (Wildman–Crippen LogP) is 0.445. The summed E-state index contributed by atoms with van der Waals surface area (Å²) in [7, 11) is 1.74. The fourth-order valence-corrected chi connectivity index (χ4v) is 1.35.